The van der Waals surface area contributed by atoms with Crippen LogP contribution >= 0.6 is 0 Å². The number of rotatable bonds is 6. The summed E-state index contributed by atoms with van der Waals surface area (Å²) in [6, 6.07) is 5.67. The standard InChI is InChI=1S/C26H15F6N5O2/c27-15-7-21(28)19(22(29)8-15)12-37-13-36-24(38)18-9-17(1-2-23(18)37)39-25-20(26(30,31)32)6-14(10-35-25)5-16-11-33-3-4-34-16/h1-4,6-11,13H,5,12H2. The van der Waals surface area contributed by atoms with Gasteiger partial charge in [-0.1, -0.05) is 0 Å². The number of halogens is 6. The molecule has 0 aliphatic rings. The van der Waals surface area contributed by atoms with Gasteiger partial charge in [0.15, 0.2) is 0 Å². The molecule has 5 aromatic rings. The number of hydrogen-bond donors (Lipinski definition) is 0. The van der Waals surface area contributed by atoms with Gasteiger partial charge < -0.3 is 9.30 Å². The number of fused-ring (bicyclic) bond motifs is 1. The topological polar surface area (TPSA) is 82.8 Å². The quantitative estimate of drug-likeness (QED) is 0.265. The van der Waals surface area contributed by atoms with Crippen molar-refractivity contribution in [1.29, 1.82) is 0 Å². The highest BCUT2D eigenvalue weighted by Gasteiger charge is 2.36. The summed E-state index contributed by atoms with van der Waals surface area (Å²) in [7, 11) is 0. The van der Waals surface area contributed by atoms with Crippen molar-refractivity contribution in [2.45, 2.75) is 19.1 Å². The summed E-state index contributed by atoms with van der Waals surface area (Å²) >= 11 is 0. The van der Waals surface area contributed by atoms with Crippen LogP contribution in [0.15, 0.2) is 72.3 Å². The maximum absolute atomic E-state index is 14.2. The van der Waals surface area contributed by atoms with Crippen LogP contribution < -0.4 is 10.3 Å². The monoisotopic (exact) mass is 543 g/mol. The van der Waals surface area contributed by atoms with Crippen LogP contribution in [0.1, 0.15) is 22.4 Å². The molecular weight excluding hydrogens is 528 g/mol. The summed E-state index contributed by atoms with van der Waals surface area (Å²) in [4.78, 5) is 27.9. The fourth-order valence-corrected chi connectivity index (χ4v) is 3.89. The second kappa shape index (κ2) is 10.2. The molecule has 0 radical (unpaired) electrons. The Balaban J connectivity index is 1.48. The largest absolute Gasteiger partial charge is 0.438 e. The minimum Gasteiger partial charge on any atom is -0.438 e. The van der Waals surface area contributed by atoms with E-state index in [0.717, 1.165) is 18.5 Å². The molecule has 2 aromatic carbocycles. The van der Waals surface area contributed by atoms with E-state index in [1.165, 1.54) is 41.5 Å². The van der Waals surface area contributed by atoms with Crippen LogP contribution in [0.4, 0.5) is 26.3 Å². The zero-order valence-electron chi connectivity index (χ0n) is 19.6. The summed E-state index contributed by atoms with van der Waals surface area (Å²) in [5.74, 6) is -4.25. The van der Waals surface area contributed by atoms with Gasteiger partial charge in [-0.05, 0) is 29.8 Å². The predicted molar refractivity (Wildman–Crippen MR) is 126 cm³/mol. The van der Waals surface area contributed by atoms with Crippen LogP contribution in [-0.4, -0.2) is 24.5 Å². The SMILES string of the molecule is O=c1ncn(Cc2c(F)cc(F)cc2F)c2ccc(Oc3ncc(Cc4cnccn4)cc3C(F)(F)F)cc12. The van der Waals surface area contributed by atoms with Gasteiger partial charge >= 0.3 is 6.18 Å². The third-order valence-corrected chi connectivity index (χ3v) is 5.69. The van der Waals surface area contributed by atoms with Crippen molar-refractivity contribution in [1.82, 2.24) is 24.5 Å². The smallest absolute Gasteiger partial charge is 0.421 e. The Bertz CT molecular complexity index is 1720. The van der Waals surface area contributed by atoms with Crippen LogP contribution in [0.2, 0.25) is 0 Å². The van der Waals surface area contributed by atoms with Gasteiger partial charge in [-0.15, -0.1) is 0 Å². The van der Waals surface area contributed by atoms with Gasteiger partial charge in [0.1, 0.15) is 28.8 Å². The molecule has 0 aliphatic heterocycles. The van der Waals surface area contributed by atoms with Crippen molar-refractivity contribution in [2.24, 2.45) is 0 Å². The van der Waals surface area contributed by atoms with E-state index in [2.05, 4.69) is 19.9 Å². The van der Waals surface area contributed by atoms with Crippen molar-refractivity contribution in [3.63, 3.8) is 0 Å². The number of alkyl halides is 3. The van der Waals surface area contributed by atoms with E-state index in [0.29, 0.717) is 17.8 Å². The zero-order chi connectivity index (χ0) is 27.7. The maximum atomic E-state index is 14.2. The Labute approximate surface area is 215 Å². The molecule has 0 amide bonds. The highest BCUT2D eigenvalue weighted by Crippen LogP contribution is 2.38. The van der Waals surface area contributed by atoms with E-state index in [1.54, 1.807) is 0 Å². The highest BCUT2D eigenvalue weighted by atomic mass is 19.4. The molecule has 0 N–H and O–H groups in total. The van der Waals surface area contributed by atoms with Crippen molar-refractivity contribution >= 4 is 10.9 Å². The lowest BCUT2D eigenvalue weighted by Gasteiger charge is -2.15. The third kappa shape index (κ3) is 5.56. The van der Waals surface area contributed by atoms with E-state index in [4.69, 9.17) is 4.74 Å². The van der Waals surface area contributed by atoms with Gasteiger partial charge in [0.05, 0.1) is 29.5 Å². The maximum Gasteiger partial charge on any atom is 0.421 e. The first-order valence-corrected chi connectivity index (χ1v) is 11.2. The molecule has 198 valence electrons. The summed E-state index contributed by atoms with van der Waals surface area (Å²) in [6.07, 6.45) is 1.78. The second-order valence-corrected chi connectivity index (χ2v) is 8.37. The lowest BCUT2D eigenvalue weighted by molar-refractivity contribution is -0.138. The molecule has 0 saturated heterocycles. The van der Waals surface area contributed by atoms with E-state index in [1.807, 2.05) is 0 Å². The molecule has 0 bridgehead atoms. The first-order chi connectivity index (χ1) is 18.6. The molecular formula is C26H15F6N5O2. The zero-order valence-corrected chi connectivity index (χ0v) is 19.6. The lowest BCUT2D eigenvalue weighted by atomic mass is 10.1. The van der Waals surface area contributed by atoms with Crippen molar-refractivity contribution in [2.75, 3.05) is 0 Å². The van der Waals surface area contributed by atoms with Crippen molar-refractivity contribution in [3.8, 4) is 11.6 Å². The number of hydrogen-bond acceptors (Lipinski definition) is 6. The predicted octanol–water partition coefficient (Wildman–Crippen LogP) is 5.45. The van der Waals surface area contributed by atoms with Gasteiger partial charge in [-0.25, -0.2) is 18.2 Å². The van der Waals surface area contributed by atoms with Gasteiger partial charge in [0.2, 0.25) is 5.88 Å². The number of pyridine rings is 1. The molecule has 0 saturated carbocycles. The fourth-order valence-electron chi connectivity index (χ4n) is 3.89. The minimum absolute atomic E-state index is 0.0562. The van der Waals surface area contributed by atoms with Crippen LogP contribution in [-0.2, 0) is 19.1 Å². The van der Waals surface area contributed by atoms with Crippen molar-refractivity contribution < 1.29 is 31.1 Å². The molecule has 5 rings (SSSR count). The Morgan fingerprint density at radius 1 is 0.897 bits per heavy atom. The Hall–Kier alpha value is -4.81. The molecule has 0 aliphatic carbocycles. The average Bonchev–Trinajstić information content (AvgIpc) is 2.88. The molecule has 0 unspecified atom stereocenters. The second-order valence-electron chi connectivity index (χ2n) is 8.37. The van der Waals surface area contributed by atoms with Crippen LogP contribution in [0.3, 0.4) is 0 Å². The van der Waals surface area contributed by atoms with Crippen LogP contribution in [0.5, 0.6) is 11.6 Å². The molecule has 13 heteroatoms. The van der Waals surface area contributed by atoms with Gasteiger partial charge in [0, 0.05) is 48.9 Å². The van der Waals surface area contributed by atoms with Crippen molar-refractivity contribution in [3.05, 3.63) is 118 Å². The third-order valence-electron chi connectivity index (χ3n) is 5.69. The minimum atomic E-state index is -4.81. The molecule has 3 heterocycles. The first-order valence-electron chi connectivity index (χ1n) is 11.2. The summed E-state index contributed by atoms with van der Waals surface area (Å²) in [5.41, 5.74) is -1.54. The number of benzene rings is 2. The van der Waals surface area contributed by atoms with Crippen LogP contribution in [0, 0.1) is 17.5 Å². The Morgan fingerprint density at radius 3 is 2.36 bits per heavy atom. The summed E-state index contributed by atoms with van der Waals surface area (Å²) in [5, 5.41) is -0.0919. The van der Waals surface area contributed by atoms with E-state index in [-0.39, 0.29) is 28.6 Å². The molecule has 0 fully saturated rings. The first kappa shape index (κ1) is 25.8. The van der Waals surface area contributed by atoms with E-state index >= 15 is 0 Å². The van der Waals surface area contributed by atoms with E-state index in [9.17, 15) is 31.1 Å². The number of aromatic nitrogens is 5. The number of ether oxygens (including phenoxy) is 1. The number of nitrogens with zero attached hydrogens (tertiary/aromatic N) is 5. The lowest BCUT2D eigenvalue weighted by Crippen LogP contribution is -2.14. The van der Waals surface area contributed by atoms with Gasteiger partial charge in [-0.2, -0.15) is 18.2 Å². The summed E-state index contributed by atoms with van der Waals surface area (Å²) < 4.78 is 89.8. The molecule has 3 aromatic heterocycles. The average molecular weight is 543 g/mol. The Kier molecular flexibility index (Phi) is 6.73. The van der Waals surface area contributed by atoms with Gasteiger partial charge in [0.25, 0.3) is 5.56 Å². The molecule has 0 atom stereocenters. The van der Waals surface area contributed by atoms with E-state index < -0.39 is 52.7 Å². The Morgan fingerprint density at radius 2 is 1.67 bits per heavy atom. The van der Waals surface area contributed by atoms with Gasteiger partial charge in [-0.3, -0.25) is 14.8 Å². The molecule has 7 nitrogen and oxygen atoms in total. The fraction of sp³-hybridized carbons (Fsp3) is 0.115. The molecule has 0 spiro atoms. The normalized spacial score (nSPS) is 11.6. The van der Waals surface area contributed by atoms with Crippen LogP contribution in [0.25, 0.3) is 10.9 Å². The molecule has 39 heavy (non-hydrogen) atoms. The highest BCUT2D eigenvalue weighted by molar-refractivity contribution is 5.79. The summed E-state index contributed by atoms with van der Waals surface area (Å²) in [6.45, 7) is -0.436.